The van der Waals surface area contributed by atoms with E-state index in [1.54, 1.807) is 0 Å². The van der Waals surface area contributed by atoms with E-state index in [4.69, 9.17) is 37.2 Å². The first-order valence-corrected chi connectivity index (χ1v) is 9.35. The van der Waals surface area contributed by atoms with Crippen molar-refractivity contribution in [1.82, 2.24) is 0 Å². The molecular weight excluding hydrogens is 397 g/mol. The van der Waals surface area contributed by atoms with Crippen molar-refractivity contribution in [2.45, 2.75) is 0 Å². The van der Waals surface area contributed by atoms with Crippen LogP contribution < -0.4 is 0 Å². The van der Waals surface area contributed by atoms with Gasteiger partial charge in [-0.3, -0.25) is 0 Å². The number of hydrogen-bond donors (Lipinski definition) is 0. The van der Waals surface area contributed by atoms with E-state index in [0.717, 1.165) is 0 Å². The quantitative estimate of drug-likeness (QED) is 0.551. The minimum atomic E-state index is -3.11. The molecule has 0 nitrogen and oxygen atoms in total. The van der Waals surface area contributed by atoms with Gasteiger partial charge >= 0.3 is 49.6 Å². The maximum absolute atomic E-state index is 5.01. The Morgan fingerprint density at radius 2 is 0.833 bits per heavy atom. The van der Waals surface area contributed by atoms with E-state index in [1.165, 1.54) is 0 Å². The van der Waals surface area contributed by atoms with Crippen LogP contribution in [0.4, 0.5) is 0 Å². The molecular formula is Cl4PbTi. The second-order valence-corrected chi connectivity index (χ2v) is 15.9. The molecule has 0 aliphatic rings. The fraction of sp³-hybridized carbons (Fsp3) is 0. The number of rotatable bonds is 0. The van der Waals surface area contributed by atoms with Crippen LogP contribution in [0.15, 0.2) is 0 Å². The van der Waals surface area contributed by atoms with Gasteiger partial charge in [0.15, 0.2) is 0 Å². The van der Waals surface area contributed by atoms with Crippen LogP contribution in [0.2, 0.25) is 0 Å². The monoisotopic (exact) mass is 396 g/mol. The molecule has 0 amide bonds. The third-order valence-corrected chi connectivity index (χ3v) is 0. The molecule has 0 N–H and O–H groups in total. The molecule has 0 aliphatic carbocycles. The van der Waals surface area contributed by atoms with Gasteiger partial charge in [0.05, 0.1) is 0 Å². The predicted octanol–water partition coefficient (Wildman–Crippen LogP) is 2.37. The average Bonchev–Trinajstić information content (AvgIpc) is 0.722. The fourth-order valence-electron chi connectivity index (χ4n) is 0. The van der Waals surface area contributed by atoms with Crippen LogP contribution in [-0.2, 0) is 12.3 Å². The smallest absolute Gasteiger partial charge is 0 e. The molecule has 6 heavy (non-hydrogen) atoms. The Hall–Kier alpha value is 2.80. The van der Waals surface area contributed by atoms with E-state index in [9.17, 15) is 0 Å². The summed E-state index contributed by atoms with van der Waals surface area (Å²) in [7, 11) is 20.1. The molecule has 0 aromatic carbocycles. The molecule has 0 rings (SSSR count). The van der Waals surface area contributed by atoms with Gasteiger partial charge in [0, 0.05) is 27.3 Å². The maximum Gasteiger partial charge on any atom is 0 e. The van der Waals surface area contributed by atoms with Crippen LogP contribution in [0.1, 0.15) is 0 Å². The van der Waals surface area contributed by atoms with E-state index in [2.05, 4.69) is 0 Å². The topological polar surface area (TPSA) is 0 Å². The zero-order valence-corrected chi connectivity index (χ0v) is 11.0. The fourth-order valence-corrected chi connectivity index (χ4v) is 0. The molecule has 0 bridgehead atoms. The Morgan fingerprint density at radius 3 is 0.833 bits per heavy atom. The van der Waals surface area contributed by atoms with Gasteiger partial charge in [-0.1, -0.05) is 0 Å². The normalized spacial score (nSPS) is 10.0. The summed E-state index contributed by atoms with van der Waals surface area (Å²) in [5.74, 6) is 0. The zero-order valence-electron chi connectivity index (χ0n) is 2.51. The zero-order chi connectivity index (χ0) is 4.50. The third-order valence-electron chi connectivity index (χ3n) is 0. The van der Waals surface area contributed by atoms with Crippen LogP contribution in [-0.4, -0.2) is 27.3 Å². The molecule has 0 spiro atoms. The summed E-state index contributed by atoms with van der Waals surface area (Å²) in [6.45, 7) is 0. The van der Waals surface area contributed by atoms with Crippen molar-refractivity contribution in [3.63, 3.8) is 0 Å². The van der Waals surface area contributed by atoms with E-state index >= 15 is 0 Å². The minimum absolute atomic E-state index is 0. The van der Waals surface area contributed by atoms with Crippen LogP contribution in [0, 0.1) is 0 Å². The molecule has 0 aliphatic heterocycles. The third kappa shape index (κ3) is 29.2. The molecule has 0 atom stereocenters. The molecule has 0 saturated carbocycles. The Balaban J connectivity index is 0. The first kappa shape index (κ1) is 11.6. The average molecular weight is 397 g/mol. The van der Waals surface area contributed by atoms with E-state index in [1.807, 2.05) is 0 Å². The second-order valence-electron chi connectivity index (χ2n) is 0.429. The SMILES string of the molecule is [Cl][Ti]([Cl])([Cl])[Cl].[Pb]. The Bertz CT molecular complexity index is 23.0. The Labute approximate surface area is 75.5 Å². The first-order chi connectivity index (χ1) is 2.00. The van der Waals surface area contributed by atoms with Gasteiger partial charge < -0.3 is 0 Å². The van der Waals surface area contributed by atoms with Crippen LogP contribution in [0.25, 0.3) is 0 Å². The standard InChI is InChI=1S/4ClH.Pb.Ti/h4*1H;;/q;;;;;+4/p-4. The second kappa shape index (κ2) is 4.65. The van der Waals surface area contributed by atoms with E-state index in [-0.39, 0.29) is 27.3 Å². The van der Waals surface area contributed by atoms with Crippen LogP contribution >= 0.6 is 37.2 Å². The largest absolute Gasteiger partial charge is 0 e. The van der Waals surface area contributed by atoms with Gasteiger partial charge in [0.1, 0.15) is 0 Å². The van der Waals surface area contributed by atoms with Crippen molar-refractivity contribution in [2.75, 3.05) is 0 Å². The van der Waals surface area contributed by atoms with Crippen molar-refractivity contribution in [3.8, 4) is 0 Å². The minimum Gasteiger partial charge on any atom is 0 e. The molecule has 6 heteroatoms. The summed E-state index contributed by atoms with van der Waals surface area (Å²) < 4.78 is 0. The van der Waals surface area contributed by atoms with Gasteiger partial charge in [-0.15, -0.1) is 0 Å². The predicted molar refractivity (Wildman–Crippen MR) is 29.2 cm³/mol. The first-order valence-electron chi connectivity index (χ1n) is 0.756. The molecule has 0 aromatic rings. The van der Waals surface area contributed by atoms with Gasteiger partial charge in [0.25, 0.3) is 0 Å². The van der Waals surface area contributed by atoms with E-state index in [0.29, 0.717) is 0 Å². The molecule has 0 fully saturated rings. The van der Waals surface area contributed by atoms with Gasteiger partial charge in [-0.05, 0) is 0 Å². The van der Waals surface area contributed by atoms with Crippen molar-refractivity contribution in [2.24, 2.45) is 0 Å². The molecule has 0 unspecified atom stereocenters. The number of hydrogen-bond acceptors (Lipinski definition) is 0. The van der Waals surface area contributed by atoms with Gasteiger partial charge in [-0.2, -0.15) is 0 Å². The van der Waals surface area contributed by atoms with Crippen molar-refractivity contribution in [1.29, 1.82) is 0 Å². The summed E-state index contributed by atoms with van der Waals surface area (Å²) in [5, 5.41) is 0. The Morgan fingerprint density at radius 1 is 0.833 bits per heavy atom. The number of halogens is 4. The van der Waals surface area contributed by atoms with Gasteiger partial charge in [0.2, 0.25) is 0 Å². The van der Waals surface area contributed by atoms with Gasteiger partial charge in [-0.25, -0.2) is 0 Å². The van der Waals surface area contributed by atoms with Crippen molar-refractivity contribution >= 4 is 64.5 Å². The molecule has 0 heterocycles. The summed E-state index contributed by atoms with van der Waals surface area (Å²) in [6, 6.07) is 0. The molecule has 0 aromatic heterocycles. The summed E-state index contributed by atoms with van der Waals surface area (Å²) in [4.78, 5) is 0. The summed E-state index contributed by atoms with van der Waals surface area (Å²) >= 11 is -3.11. The van der Waals surface area contributed by atoms with Crippen molar-refractivity contribution < 1.29 is 12.3 Å². The summed E-state index contributed by atoms with van der Waals surface area (Å²) in [5.41, 5.74) is 0. The molecule has 0 saturated heterocycles. The van der Waals surface area contributed by atoms with Crippen LogP contribution in [0.3, 0.4) is 0 Å². The summed E-state index contributed by atoms with van der Waals surface area (Å²) in [6.07, 6.45) is 0. The Kier molecular flexibility index (Phi) is 8.98. The van der Waals surface area contributed by atoms with Crippen LogP contribution in [0.5, 0.6) is 0 Å². The maximum atomic E-state index is 5.01. The van der Waals surface area contributed by atoms with Crippen molar-refractivity contribution in [3.05, 3.63) is 0 Å². The molecule has 4 radical (unpaired) electrons. The van der Waals surface area contributed by atoms with E-state index < -0.39 is 12.3 Å². The molecule has 36 valence electrons.